The molecule has 1 aromatic heterocycles. The predicted molar refractivity (Wildman–Crippen MR) is 74.6 cm³/mol. The van der Waals surface area contributed by atoms with Gasteiger partial charge in [-0.1, -0.05) is 20.8 Å². The molecule has 1 aliphatic rings. The maximum absolute atomic E-state index is 5.55. The van der Waals surface area contributed by atoms with E-state index in [2.05, 4.69) is 44.0 Å². The van der Waals surface area contributed by atoms with Crippen LogP contribution < -0.4 is 5.32 Å². The summed E-state index contributed by atoms with van der Waals surface area (Å²) in [5.74, 6) is 1.07. The van der Waals surface area contributed by atoms with Crippen molar-refractivity contribution in [2.24, 2.45) is 5.41 Å². The van der Waals surface area contributed by atoms with Gasteiger partial charge >= 0.3 is 0 Å². The van der Waals surface area contributed by atoms with E-state index in [-0.39, 0.29) is 0 Å². The number of hydrogen-bond acceptors (Lipinski definition) is 3. The second-order valence-corrected chi connectivity index (χ2v) is 6.41. The molecule has 0 amide bonds. The summed E-state index contributed by atoms with van der Waals surface area (Å²) >= 11 is 0. The first-order chi connectivity index (χ1) is 8.48. The van der Waals surface area contributed by atoms with Crippen molar-refractivity contribution < 1.29 is 4.42 Å². The van der Waals surface area contributed by atoms with Gasteiger partial charge in [-0.3, -0.25) is 4.90 Å². The lowest BCUT2D eigenvalue weighted by molar-refractivity contribution is 0.149. The van der Waals surface area contributed by atoms with Crippen molar-refractivity contribution in [2.75, 3.05) is 19.6 Å². The van der Waals surface area contributed by atoms with Crippen LogP contribution >= 0.6 is 0 Å². The molecule has 1 fully saturated rings. The molecule has 3 heteroatoms. The van der Waals surface area contributed by atoms with Crippen molar-refractivity contribution >= 4 is 0 Å². The van der Waals surface area contributed by atoms with Crippen LogP contribution in [0.5, 0.6) is 0 Å². The fourth-order valence-corrected chi connectivity index (χ4v) is 2.59. The molecule has 1 aromatic rings. The van der Waals surface area contributed by atoms with E-state index in [1.807, 2.05) is 6.07 Å². The summed E-state index contributed by atoms with van der Waals surface area (Å²) in [4.78, 5) is 2.54. The zero-order valence-electron chi connectivity index (χ0n) is 12.1. The van der Waals surface area contributed by atoms with Gasteiger partial charge in [0, 0.05) is 19.1 Å². The third kappa shape index (κ3) is 3.15. The molecule has 0 radical (unpaired) electrons. The van der Waals surface area contributed by atoms with Crippen LogP contribution in [0.2, 0.25) is 0 Å². The number of nitrogens with zero attached hydrogens (tertiary/aromatic N) is 1. The van der Waals surface area contributed by atoms with Gasteiger partial charge in [-0.05, 0) is 37.4 Å². The summed E-state index contributed by atoms with van der Waals surface area (Å²) in [6.45, 7) is 12.5. The smallest absolute Gasteiger partial charge is 0.120 e. The largest absolute Gasteiger partial charge is 0.468 e. The van der Waals surface area contributed by atoms with Crippen LogP contribution in [0.1, 0.15) is 45.9 Å². The second kappa shape index (κ2) is 5.45. The number of nitrogens with one attached hydrogen (secondary N) is 1. The minimum absolute atomic E-state index is 0.297. The normalized spacial score (nSPS) is 24.8. The molecule has 0 aromatic carbocycles. The van der Waals surface area contributed by atoms with Gasteiger partial charge in [0.1, 0.15) is 5.76 Å². The highest BCUT2D eigenvalue weighted by atomic mass is 16.3. The Hall–Kier alpha value is -0.800. The van der Waals surface area contributed by atoms with E-state index in [0.29, 0.717) is 17.5 Å². The van der Waals surface area contributed by atoms with Crippen LogP contribution in [0.4, 0.5) is 0 Å². The molecule has 2 unspecified atom stereocenters. The Kier molecular flexibility index (Phi) is 4.13. The van der Waals surface area contributed by atoms with Crippen molar-refractivity contribution in [3.05, 3.63) is 24.2 Å². The predicted octanol–water partition coefficient (Wildman–Crippen LogP) is 3.05. The molecular formula is C15H26N2O. The summed E-state index contributed by atoms with van der Waals surface area (Å²) in [6, 6.07) is 4.96. The minimum atomic E-state index is 0.297. The zero-order valence-corrected chi connectivity index (χ0v) is 12.1. The molecular weight excluding hydrogens is 224 g/mol. The second-order valence-electron chi connectivity index (χ2n) is 6.41. The third-order valence-electron chi connectivity index (χ3n) is 3.98. The Morgan fingerprint density at radius 2 is 2.22 bits per heavy atom. The topological polar surface area (TPSA) is 28.4 Å². The molecule has 18 heavy (non-hydrogen) atoms. The van der Waals surface area contributed by atoms with Gasteiger partial charge in [0.15, 0.2) is 0 Å². The average molecular weight is 250 g/mol. The minimum Gasteiger partial charge on any atom is -0.468 e. The fourth-order valence-electron chi connectivity index (χ4n) is 2.59. The summed E-state index contributed by atoms with van der Waals surface area (Å²) in [7, 11) is 0. The summed E-state index contributed by atoms with van der Waals surface area (Å²) < 4.78 is 5.55. The monoisotopic (exact) mass is 250 g/mol. The van der Waals surface area contributed by atoms with E-state index in [0.717, 1.165) is 25.4 Å². The lowest BCUT2D eigenvalue weighted by Crippen LogP contribution is -2.46. The van der Waals surface area contributed by atoms with Gasteiger partial charge in [-0.2, -0.15) is 0 Å². The first kappa shape index (κ1) is 13.6. The molecule has 0 saturated carbocycles. The Balaban J connectivity index is 2.07. The van der Waals surface area contributed by atoms with E-state index in [9.17, 15) is 0 Å². The van der Waals surface area contributed by atoms with Crippen molar-refractivity contribution in [2.45, 2.75) is 46.2 Å². The van der Waals surface area contributed by atoms with Gasteiger partial charge in [0.05, 0.1) is 12.3 Å². The van der Waals surface area contributed by atoms with Crippen LogP contribution in [0.25, 0.3) is 0 Å². The molecule has 0 bridgehead atoms. The van der Waals surface area contributed by atoms with Gasteiger partial charge in [0.25, 0.3) is 0 Å². The van der Waals surface area contributed by atoms with Crippen molar-refractivity contribution in [1.29, 1.82) is 0 Å². The fraction of sp³-hybridized carbons (Fsp3) is 0.733. The van der Waals surface area contributed by atoms with Crippen LogP contribution in [0.3, 0.4) is 0 Å². The van der Waals surface area contributed by atoms with Crippen molar-refractivity contribution in [3.63, 3.8) is 0 Å². The van der Waals surface area contributed by atoms with Gasteiger partial charge < -0.3 is 9.73 Å². The number of rotatable bonds is 2. The maximum Gasteiger partial charge on any atom is 0.120 e. The first-order valence-corrected chi connectivity index (χ1v) is 6.99. The van der Waals surface area contributed by atoms with Crippen LogP contribution in [-0.2, 0) is 0 Å². The molecule has 102 valence electrons. The maximum atomic E-state index is 5.55. The van der Waals surface area contributed by atoms with Crippen LogP contribution in [-0.4, -0.2) is 30.6 Å². The molecule has 2 atom stereocenters. The lowest BCUT2D eigenvalue weighted by Gasteiger charge is -2.35. The van der Waals surface area contributed by atoms with Crippen LogP contribution in [0, 0.1) is 5.41 Å². The molecule has 0 spiro atoms. The molecule has 2 heterocycles. The van der Waals surface area contributed by atoms with E-state index >= 15 is 0 Å². The highest BCUT2D eigenvalue weighted by Gasteiger charge is 2.30. The summed E-state index contributed by atoms with van der Waals surface area (Å²) in [6.07, 6.45) is 2.97. The molecule has 1 saturated heterocycles. The molecule has 0 aliphatic carbocycles. The molecule has 1 N–H and O–H groups in total. The van der Waals surface area contributed by atoms with Gasteiger partial charge in [-0.25, -0.2) is 0 Å². The molecule has 3 nitrogen and oxygen atoms in total. The van der Waals surface area contributed by atoms with Gasteiger partial charge in [-0.15, -0.1) is 0 Å². The van der Waals surface area contributed by atoms with Gasteiger partial charge in [0.2, 0.25) is 0 Å². The molecule has 2 rings (SSSR count). The summed E-state index contributed by atoms with van der Waals surface area (Å²) in [5.41, 5.74) is 0.297. The first-order valence-electron chi connectivity index (χ1n) is 6.99. The highest BCUT2D eigenvalue weighted by Crippen LogP contribution is 2.27. The number of hydrogen-bond donors (Lipinski definition) is 1. The lowest BCUT2D eigenvalue weighted by atomic mass is 9.86. The third-order valence-corrected chi connectivity index (χ3v) is 3.98. The van der Waals surface area contributed by atoms with E-state index in [1.54, 1.807) is 6.26 Å². The quantitative estimate of drug-likeness (QED) is 0.874. The Bertz CT molecular complexity index is 353. The zero-order chi connectivity index (χ0) is 13.2. The Labute approximate surface area is 111 Å². The highest BCUT2D eigenvalue weighted by molar-refractivity contribution is 5.04. The van der Waals surface area contributed by atoms with Crippen molar-refractivity contribution in [1.82, 2.24) is 10.2 Å². The number of furan rings is 1. The Morgan fingerprint density at radius 1 is 1.44 bits per heavy atom. The average Bonchev–Trinajstić information content (AvgIpc) is 2.70. The SMILES string of the molecule is CC(c1ccco1)N1CCCNC(C(C)(C)C)C1. The Morgan fingerprint density at radius 3 is 2.83 bits per heavy atom. The van der Waals surface area contributed by atoms with Crippen molar-refractivity contribution in [3.8, 4) is 0 Å². The van der Waals surface area contributed by atoms with Crippen LogP contribution in [0.15, 0.2) is 22.8 Å². The van der Waals surface area contributed by atoms with E-state index in [1.165, 1.54) is 6.42 Å². The van der Waals surface area contributed by atoms with E-state index < -0.39 is 0 Å². The molecule has 1 aliphatic heterocycles. The summed E-state index contributed by atoms with van der Waals surface area (Å²) in [5, 5.41) is 3.68. The standard InChI is InChI=1S/C15H26N2O/c1-12(13-7-5-10-18-13)17-9-6-8-16-14(11-17)15(2,3)4/h5,7,10,12,14,16H,6,8-9,11H2,1-4H3. The van der Waals surface area contributed by atoms with E-state index in [4.69, 9.17) is 4.42 Å².